The Morgan fingerprint density at radius 1 is 0.0966 bits per heavy atom. The third-order valence-corrected chi connectivity index (χ3v) is 25.6. The topological polar surface area (TPSA) is 194 Å². The van der Waals surface area contributed by atoms with E-state index in [2.05, 4.69) is 245 Å². The van der Waals surface area contributed by atoms with Gasteiger partial charge in [0.2, 0.25) is 0 Å². The first kappa shape index (κ1) is 87.8. The van der Waals surface area contributed by atoms with Gasteiger partial charge in [0, 0.05) is 99.1 Å². The maximum atomic E-state index is 6.19. The van der Waals surface area contributed by atoms with Gasteiger partial charge in [0.05, 0.1) is 0 Å². The molecule has 0 radical (unpaired) electrons. The Labute approximate surface area is 834 Å². The van der Waals surface area contributed by atoms with Crippen LogP contribution >= 0.6 is 0 Å². The Bertz CT molecular complexity index is 9050. The number of hydrogen-bond donors (Lipinski definition) is 0. The van der Waals surface area contributed by atoms with E-state index < -0.39 is 0 Å². The summed E-state index contributed by atoms with van der Waals surface area (Å²) in [5.41, 5.74) is 25.5. The molecule has 0 aliphatic carbocycles. The van der Waals surface area contributed by atoms with Crippen molar-refractivity contribution >= 4 is 76.6 Å². The first-order valence-corrected chi connectivity index (χ1v) is 47.9. The molecule has 27 rings (SSSR count). The summed E-state index contributed by atoms with van der Waals surface area (Å²) in [6.07, 6.45) is 0. The minimum absolute atomic E-state index is 0.573. The van der Waals surface area contributed by atoms with Gasteiger partial charge in [-0.3, -0.25) is 0 Å². The van der Waals surface area contributed by atoms with Crippen LogP contribution in [0.1, 0.15) is 0 Å². The molecule has 682 valence electrons. The molecule has 0 N–H and O–H groups in total. The number of nitrogens with zero attached hydrogens (tertiary/aromatic N) is 12. The zero-order valence-corrected chi connectivity index (χ0v) is 78.1. The Balaban J connectivity index is 0.000000106. The van der Waals surface area contributed by atoms with E-state index in [-0.39, 0.29) is 0 Å². The lowest BCUT2D eigenvalue weighted by molar-refractivity contribution is 0.668. The molecule has 0 aliphatic heterocycles. The number of hydrogen-bond acceptors (Lipinski definition) is 15. The van der Waals surface area contributed by atoms with Gasteiger partial charge in [-0.25, -0.2) is 59.8 Å². The molecule has 0 aliphatic rings. The number of fused-ring (bicyclic) bond motifs is 10. The molecule has 15 heteroatoms. The van der Waals surface area contributed by atoms with Crippen molar-refractivity contribution in [1.82, 2.24) is 59.8 Å². The van der Waals surface area contributed by atoms with Crippen molar-refractivity contribution in [2.45, 2.75) is 0 Å². The van der Waals surface area contributed by atoms with Crippen LogP contribution in [-0.2, 0) is 0 Å². The minimum atomic E-state index is 0.573. The van der Waals surface area contributed by atoms with Crippen molar-refractivity contribution in [2.75, 3.05) is 0 Å². The van der Waals surface area contributed by atoms with Crippen molar-refractivity contribution in [3.8, 4) is 181 Å². The van der Waals surface area contributed by atoms with Crippen LogP contribution in [0.25, 0.3) is 258 Å². The lowest BCUT2D eigenvalue weighted by Crippen LogP contribution is -2.00. The van der Waals surface area contributed by atoms with E-state index in [1.54, 1.807) is 0 Å². The lowest BCUT2D eigenvalue weighted by atomic mass is 10.00. The molecule has 0 atom stereocenters. The molecule has 27 aromatic rings. The fourth-order valence-corrected chi connectivity index (χ4v) is 18.1. The van der Waals surface area contributed by atoms with E-state index in [4.69, 9.17) is 58.1 Å². The molecule has 0 spiro atoms. The van der Waals surface area contributed by atoms with Crippen LogP contribution in [0, 0.1) is 0 Å². The van der Waals surface area contributed by atoms with E-state index >= 15 is 0 Å². The molecule has 0 fully saturated rings. The first-order valence-electron chi connectivity index (χ1n) is 47.9. The van der Waals surface area contributed by atoms with Crippen molar-refractivity contribution < 1.29 is 13.3 Å². The molecule has 7 heterocycles. The molecule has 0 saturated heterocycles. The van der Waals surface area contributed by atoms with Crippen molar-refractivity contribution in [3.05, 3.63) is 510 Å². The SMILES string of the molecule is c1ccc(-c2ccc(-c3nc(-c4ccc5c(c4)oc4ccccc45)nc(-c4ccc5c(c4)oc4ccccc45)n3)cc2)cc1.c1ccc(-c2ccc(-c3nc(-c4ccccc4)nc(-c4ccc(-c5ccc6ccccc6c5)cc4)n3)cc2)cc1.c1ccc(-c2ccc(-c3nc(-c4ccccc4)nc(-c4ccc5c(c4)oc4ccccc45)n3)cc2)cc1.c1ccc(-c2nc(-c3ccccc3)nc(-c3ccccc3)n2)cc1. The predicted octanol–water partition coefficient (Wildman–Crippen LogP) is 33.0. The van der Waals surface area contributed by atoms with Crippen LogP contribution in [0.2, 0.25) is 0 Å². The van der Waals surface area contributed by atoms with E-state index in [1.807, 2.05) is 279 Å². The van der Waals surface area contributed by atoms with Crippen molar-refractivity contribution in [1.29, 1.82) is 0 Å². The van der Waals surface area contributed by atoms with Gasteiger partial charge in [0.15, 0.2) is 69.9 Å². The van der Waals surface area contributed by atoms with Crippen LogP contribution < -0.4 is 0 Å². The van der Waals surface area contributed by atoms with E-state index in [0.29, 0.717) is 69.9 Å². The quantitative estimate of drug-likeness (QED) is 0.0886. The monoisotopic (exact) mass is 1860 g/mol. The summed E-state index contributed by atoms with van der Waals surface area (Å²) in [5, 5.41) is 8.95. The Kier molecular flexibility index (Phi) is 24.2. The lowest BCUT2D eigenvalue weighted by Gasteiger charge is -2.10. The van der Waals surface area contributed by atoms with Gasteiger partial charge in [-0.15, -0.1) is 0 Å². The number of rotatable bonds is 16. The molecule has 0 bridgehead atoms. The van der Waals surface area contributed by atoms with Crippen LogP contribution in [0.4, 0.5) is 0 Å². The second-order valence-electron chi connectivity index (χ2n) is 35.0. The van der Waals surface area contributed by atoms with Crippen LogP contribution in [0.15, 0.2) is 523 Å². The van der Waals surface area contributed by atoms with E-state index in [1.165, 1.54) is 27.5 Å². The van der Waals surface area contributed by atoms with Gasteiger partial charge >= 0.3 is 0 Å². The summed E-state index contributed by atoms with van der Waals surface area (Å²) in [6.45, 7) is 0. The van der Waals surface area contributed by atoms with Crippen LogP contribution in [-0.4, -0.2) is 59.8 Å². The first-order chi connectivity index (χ1) is 71.8. The summed E-state index contributed by atoms with van der Waals surface area (Å²) >= 11 is 0. The fourth-order valence-electron chi connectivity index (χ4n) is 18.1. The highest BCUT2D eigenvalue weighted by Crippen LogP contribution is 2.40. The summed E-state index contributed by atoms with van der Waals surface area (Å²) in [6, 6.07) is 172. The maximum Gasteiger partial charge on any atom is 0.164 e. The third-order valence-electron chi connectivity index (χ3n) is 25.6. The second kappa shape index (κ2) is 39.9. The molecule has 0 amide bonds. The molecule has 0 saturated carbocycles. The van der Waals surface area contributed by atoms with Gasteiger partial charge in [-0.1, -0.05) is 449 Å². The smallest absolute Gasteiger partial charge is 0.164 e. The molecular weight excluding hydrogens is 1780 g/mol. The number of para-hydroxylation sites is 3. The summed E-state index contributed by atoms with van der Waals surface area (Å²) in [4.78, 5) is 58.3. The Hall–Kier alpha value is -19.9. The molecule has 7 aromatic heterocycles. The van der Waals surface area contributed by atoms with E-state index in [9.17, 15) is 0 Å². The normalized spacial score (nSPS) is 11.2. The highest BCUT2D eigenvalue weighted by atomic mass is 16.3. The zero-order valence-electron chi connectivity index (χ0n) is 78.1. The van der Waals surface area contributed by atoms with Gasteiger partial charge in [0.25, 0.3) is 0 Å². The Morgan fingerprint density at radius 2 is 0.255 bits per heavy atom. The van der Waals surface area contributed by atoms with Crippen LogP contribution in [0.5, 0.6) is 0 Å². The standard InChI is InChI=1S/C39H23N3O2.C37H25N3.C33H21N3O.C21H15N3/c1-2-8-24(9-3-1)25-14-16-26(17-15-25)37-40-38(27-18-20-31-29-10-4-6-12-33(29)43-35(31)22-27)42-39(41-37)28-19-21-32-30-11-5-7-13-34(30)44-36(32)23-28;1-3-9-26(10-4-1)28-15-20-31(21-16-28)36-38-35(30-12-5-2-6-13-30)39-37(40-36)32-22-17-29(18-23-32)34-24-19-27-11-7-8-14-33(27)25-34;1-3-9-22(10-4-1)23-15-17-25(18-16-23)32-34-31(24-11-5-2-6-12-24)35-33(36-32)26-19-20-28-27-13-7-8-14-29(27)37-30(28)21-26;1-4-10-16(11-5-1)19-22-20(17-12-6-2-7-13-17)24-21(23-19)18-14-8-3-9-15-18/h1-23H;1-25H;1-21H;1-15H. The zero-order chi connectivity index (χ0) is 96.6. The summed E-state index contributed by atoms with van der Waals surface area (Å²) in [7, 11) is 0. The molecule has 15 nitrogen and oxygen atoms in total. The average Bonchev–Trinajstić information content (AvgIpc) is 1.64. The third kappa shape index (κ3) is 19.0. The second-order valence-corrected chi connectivity index (χ2v) is 35.0. The largest absolute Gasteiger partial charge is 0.456 e. The highest BCUT2D eigenvalue weighted by Gasteiger charge is 2.22. The van der Waals surface area contributed by atoms with E-state index in [0.717, 1.165) is 160 Å². The fraction of sp³-hybridized carbons (Fsp3) is 0. The minimum Gasteiger partial charge on any atom is -0.456 e. The number of aromatic nitrogens is 12. The van der Waals surface area contributed by atoms with Gasteiger partial charge < -0.3 is 13.3 Å². The van der Waals surface area contributed by atoms with Crippen molar-refractivity contribution in [2.24, 2.45) is 0 Å². The molecular formula is C130H84N12O3. The summed E-state index contributed by atoms with van der Waals surface area (Å²) in [5.74, 6) is 7.64. The number of furan rings is 3. The average molecular weight is 1860 g/mol. The molecule has 20 aromatic carbocycles. The summed E-state index contributed by atoms with van der Waals surface area (Å²) < 4.78 is 18.5. The van der Waals surface area contributed by atoms with Gasteiger partial charge in [-0.05, 0) is 116 Å². The van der Waals surface area contributed by atoms with Crippen LogP contribution in [0.3, 0.4) is 0 Å². The van der Waals surface area contributed by atoms with Gasteiger partial charge in [0.1, 0.15) is 33.5 Å². The predicted molar refractivity (Wildman–Crippen MR) is 586 cm³/mol. The maximum absolute atomic E-state index is 6.19. The highest BCUT2D eigenvalue weighted by molar-refractivity contribution is 6.08. The Morgan fingerprint density at radius 3 is 0.503 bits per heavy atom. The number of benzene rings is 20. The molecule has 0 unspecified atom stereocenters. The van der Waals surface area contributed by atoms with Gasteiger partial charge in [-0.2, -0.15) is 0 Å². The van der Waals surface area contributed by atoms with Crippen molar-refractivity contribution in [3.63, 3.8) is 0 Å². The molecule has 145 heavy (non-hydrogen) atoms.